The van der Waals surface area contributed by atoms with Crippen molar-refractivity contribution in [2.75, 3.05) is 6.54 Å². The zero-order chi connectivity index (χ0) is 18.7. The third-order valence-corrected chi connectivity index (χ3v) is 4.68. The van der Waals surface area contributed by atoms with Gasteiger partial charge in [0.15, 0.2) is 0 Å². The standard InChI is InChI=1S/C20H19ClN2O3/c1-2-3-12-23-17(13-8-10-22-11-9-13)16(19(25)20(23)26)18(24)14-4-6-15(21)7-5-14/h4-11,17,24H,2-3,12H2,1H3/b18-16-. The van der Waals surface area contributed by atoms with Crippen LogP contribution in [0.4, 0.5) is 0 Å². The predicted molar refractivity (Wildman–Crippen MR) is 99.6 cm³/mol. The third kappa shape index (κ3) is 3.35. The minimum absolute atomic E-state index is 0.0969. The highest BCUT2D eigenvalue weighted by Crippen LogP contribution is 2.39. The van der Waals surface area contributed by atoms with Crippen LogP contribution in [0.25, 0.3) is 5.76 Å². The summed E-state index contributed by atoms with van der Waals surface area (Å²) in [6.45, 7) is 2.47. The molecule has 1 amide bonds. The summed E-state index contributed by atoms with van der Waals surface area (Å²) in [5.74, 6) is -1.45. The Kier molecular flexibility index (Phi) is 5.38. The molecule has 5 nitrogen and oxygen atoms in total. The summed E-state index contributed by atoms with van der Waals surface area (Å²) in [6, 6.07) is 9.40. The van der Waals surface area contributed by atoms with Gasteiger partial charge in [0, 0.05) is 29.5 Å². The van der Waals surface area contributed by atoms with Crippen LogP contribution in [0.1, 0.15) is 36.9 Å². The maximum atomic E-state index is 12.7. The highest BCUT2D eigenvalue weighted by molar-refractivity contribution is 6.46. The molecule has 1 aliphatic rings. The average Bonchev–Trinajstić information content (AvgIpc) is 2.91. The van der Waals surface area contributed by atoms with Crippen molar-refractivity contribution in [2.45, 2.75) is 25.8 Å². The predicted octanol–water partition coefficient (Wildman–Crippen LogP) is 3.96. The molecule has 1 N–H and O–H groups in total. The molecule has 0 spiro atoms. The molecule has 134 valence electrons. The van der Waals surface area contributed by atoms with E-state index in [1.165, 1.54) is 4.90 Å². The minimum Gasteiger partial charge on any atom is -0.507 e. The summed E-state index contributed by atoms with van der Waals surface area (Å²) in [7, 11) is 0. The first-order valence-electron chi connectivity index (χ1n) is 8.49. The van der Waals surface area contributed by atoms with Crippen molar-refractivity contribution in [3.63, 3.8) is 0 Å². The third-order valence-electron chi connectivity index (χ3n) is 4.43. The van der Waals surface area contributed by atoms with Crippen LogP contribution in [0, 0.1) is 0 Å². The van der Waals surface area contributed by atoms with E-state index >= 15 is 0 Å². The summed E-state index contributed by atoms with van der Waals surface area (Å²) >= 11 is 5.90. The number of aromatic nitrogens is 1. The first kappa shape index (κ1) is 18.1. The Morgan fingerprint density at radius 3 is 2.42 bits per heavy atom. The molecule has 26 heavy (non-hydrogen) atoms. The van der Waals surface area contributed by atoms with Gasteiger partial charge >= 0.3 is 0 Å². The zero-order valence-electron chi connectivity index (χ0n) is 14.4. The highest BCUT2D eigenvalue weighted by atomic mass is 35.5. The van der Waals surface area contributed by atoms with Gasteiger partial charge in [0.05, 0.1) is 11.6 Å². The van der Waals surface area contributed by atoms with E-state index in [1.54, 1.807) is 48.8 Å². The van der Waals surface area contributed by atoms with Gasteiger partial charge in [0.25, 0.3) is 11.7 Å². The Hall–Kier alpha value is -2.66. The molecule has 1 saturated heterocycles. The second kappa shape index (κ2) is 7.70. The molecule has 0 radical (unpaired) electrons. The number of pyridine rings is 1. The molecule has 2 aromatic rings. The molecule has 1 unspecified atom stereocenters. The SMILES string of the molecule is CCCCN1C(=O)C(=O)/C(=C(\O)c2ccc(Cl)cc2)C1c1ccncc1. The van der Waals surface area contributed by atoms with Crippen molar-refractivity contribution in [3.8, 4) is 0 Å². The number of carbonyl (C=O) groups is 2. The molecule has 3 rings (SSSR count). The van der Waals surface area contributed by atoms with E-state index in [1.807, 2.05) is 6.92 Å². The highest BCUT2D eigenvalue weighted by Gasteiger charge is 2.45. The lowest BCUT2D eigenvalue weighted by Crippen LogP contribution is -2.30. The van der Waals surface area contributed by atoms with Gasteiger partial charge in [0.2, 0.25) is 0 Å². The molecule has 1 aromatic heterocycles. The van der Waals surface area contributed by atoms with Crippen LogP contribution in [-0.2, 0) is 9.59 Å². The second-order valence-corrected chi connectivity index (χ2v) is 6.57. The number of aliphatic hydroxyl groups is 1. The first-order chi connectivity index (χ1) is 12.5. The first-order valence-corrected chi connectivity index (χ1v) is 8.86. The molecular weight excluding hydrogens is 352 g/mol. The second-order valence-electron chi connectivity index (χ2n) is 6.13. The van der Waals surface area contributed by atoms with Gasteiger partial charge in [-0.15, -0.1) is 0 Å². The van der Waals surface area contributed by atoms with E-state index in [2.05, 4.69) is 4.98 Å². The lowest BCUT2D eigenvalue weighted by Gasteiger charge is -2.25. The quantitative estimate of drug-likeness (QED) is 0.491. The number of Topliss-reactive ketones (excluding diaryl/α,β-unsaturated/α-hetero) is 1. The Balaban J connectivity index is 2.14. The van der Waals surface area contributed by atoms with Gasteiger partial charge in [-0.1, -0.05) is 24.9 Å². The van der Waals surface area contributed by atoms with Crippen LogP contribution in [-0.4, -0.2) is 33.2 Å². The van der Waals surface area contributed by atoms with Crippen LogP contribution < -0.4 is 0 Å². The van der Waals surface area contributed by atoms with Gasteiger partial charge in [-0.2, -0.15) is 0 Å². The van der Waals surface area contributed by atoms with Crippen LogP contribution in [0.15, 0.2) is 54.4 Å². The van der Waals surface area contributed by atoms with E-state index in [9.17, 15) is 14.7 Å². The smallest absolute Gasteiger partial charge is 0.295 e. The summed E-state index contributed by atoms with van der Waals surface area (Å²) in [5, 5.41) is 11.3. The van der Waals surface area contributed by atoms with Crippen LogP contribution >= 0.6 is 11.6 Å². The lowest BCUT2D eigenvalue weighted by molar-refractivity contribution is -0.139. The number of halogens is 1. The summed E-state index contributed by atoms with van der Waals surface area (Å²) < 4.78 is 0. The Bertz CT molecular complexity index is 847. The molecule has 1 atom stereocenters. The molecule has 0 saturated carbocycles. The molecule has 1 aliphatic heterocycles. The normalized spacial score (nSPS) is 19.2. The number of amides is 1. The number of ketones is 1. The monoisotopic (exact) mass is 370 g/mol. The van der Waals surface area contributed by atoms with Crippen molar-refractivity contribution in [1.29, 1.82) is 0 Å². The van der Waals surface area contributed by atoms with Crippen LogP contribution in [0.2, 0.25) is 5.02 Å². The number of aliphatic hydroxyl groups excluding tert-OH is 1. The number of hydrogen-bond acceptors (Lipinski definition) is 4. The fourth-order valence-corrected chi connectivity index (χ4v) is 3.22. The molecule has 0 bridgehead atoms. The average molecular weight is 371 g/mol. The number of hydrogen-bond donors (Lipinski definition) is 1. The zero-order valence-corrected chi connectivity index (χ0v) is 15.1. The van der Waals surface area contributed by atoms with Crippen LogP contribution in [0.3, 0.4) is 0 Å². The number of rotatable bonds is 5. The molecule has 0 aliphatic carbocycles. The molecule has 1 aromatic carbocycles. The maximum absolute atomic E-state index is 12.7. The van der Waals surface area contributed by atoms with Gasteiger partial charge in [0.1, 0.15) is 5.76 Å². The van der Waals surface area contributed by atoms with E-state index in [0.717, 1.165) is 18.4 Å². The molecule has 2 heterocycles. The van der Waals surface area contributed by atoms with Crippen molar-refractivity contribution >= 4 is 29.1 Å². The van der Waals surface area contributed by atoms with Gasteiger partial charge < -0.3 is 10.0 Å². The van der Waals surface area contributed by atoms with E-state index in [4.69, 9.17) is 11.6 Å². The van der Waals surface area contributed by atoms with Crippen LogP contribution in [0.5, 0.6) is 0 Å². The van der Waals surface area contributed by atoms with Gasteiger partial charge in [-0.05, 0) is 48.4 Å². The minimum atomic E-state index is -0.671. The number of nitrogens with zero attached hydrogens (tertiary/aromatic N) is 2. The van der Waals surface area contributed by atoms with Gasteiger partial charge in [-0.25, -0.2) is 0 Å². The van der Waals surface area contributed by atoms with E-state index < -0.39 is 17.7 Å². The number of likely N-dealkylation sites (tertiary alicyclic amines) is 1. The lowest BCUT2D eigenvalue weighted by atomic mass is 9.96. The Morgan fingerprint density at radius 1 is 1.15 bits per heavy atom. The molecule has 1 fully saturated rings. The van der Waals surface area contributed by atoms with Crippen molar-refractivity contribution in [3.05, 3.63) is 70.5 Å². The fourth-order valence-electron chi connectivity index (χ4n) is 3.09. The summed E-state index contributed by atoms with van der Waals surface area (Å²) in [5.41, 5.74) is 1.28. The van der Waals surface area contributed by atoms with Crippen molar-refractivity contribution < 1.29 is 14.7 Å². The Labute approximate surface area is 156 Å². The summed E-state index contributed by atoms with van der Waals surface area (Å²) in [6.07, 6.45) is 4.88. The van der Waals surface area contributed by atoms with E-state index in [0.29, 0.717) is 17.1 Å². The van der Waals surface area contributed by atoms with Crippen molar-refractivity contribution in [2.24, 2.45) is 0 Å². The molecule has 6 heteroatoms. The fraction of sp³-hybridized carbons (Fsp3) is 0.250. The molecular formula is C20H19ClN2O3. The Morgan fingerprint density at radius 2 is 1.81 bits per heavy atom. The van der Waals surface area contributed by atoms with Crippen molar-refractivity contribution in [1.82, 2.24) is 9.88 Å². The topological polar surface area (TPSA) is 70.5 Å². The summed E-state index contributed by atoms with van der Waals surface area (Å²) in [4.78, 5) is 30.8. The number of unbranched alkanes of at least 4 members (excludes halogenated alkanes) is 1. The number of benzene rings is 1. The largest absolute Gasteiger partial charge is 0.507 e. The van der Waals surface area contributed by atoms with Gasteiger partial charge in [-0.3, -0.25) is 14.6 Å². The maximum Gasteiger partial charge on any atom is 0.295 e. The number of carbonyl (C=O) groups excluding carboxylic acids is 2. The van der Waals surface area contributed by atoms with E-state index in [-0.39, 0.29) is 11.3 Å².